The molecule has 3 rings (SSSR count). The van der Waals surface area contributed by atoms with Crippen LogP contribution in [0, 0.1) is 0 Å². The highest BCUT2D eigenvalue weighted by Gasteiger charge is 2.35. The van der Waals surface area contributed by atoms with Crippen LogP contribution in [0.1, 0.15) is 25.0 Å². The molecule has 2 aromatic rings. The minimum atomic E-state index is -0.156. The Morgan fingerprint density at radius 2 is 2.00 bits per heavy atom. The second-order valence-electron chi connectivity index (χ2n) is 6.02. The molecule has 0 bridgehead atoms. The second-order valence-corrected chi connectivity index (χ2v) is 6.02. The molecule has 5 heteroatoms. The molecule has 1 N–H and O–H groups in total. The smallest absolute Gasteiger partial charge is 0.222 e. The van der Waals surface area contributed by atoms with E-state index in [0.29, 0.717) is 26.2 Å². The normalized spacial score (nSPS) is 16.9. The lowest BCUT2D eigenvalue weighted by Gasteiger charge is -2.38. The lowest BCUT2D eigenvalue weighted by molar-refractivity contribution is -0.124. The van der Waals surface area contributed by atoms with Crippen LogP contribution in [0.3, 0.4) is 0 Å². The van der Waals surface area contributed by atoms with E-state index < -0.39 is 0 Å². The van der Waals surface area contributed by atoms with Gasteiger partial charge in [0.15, 0.2) is 0 Å². The molecule has 0 atom stereocenters. The number of carbonyl (C=O) groups excluding carboxylic acids is 1. The van der Waals surface area contributed by atoms with E-state index in [0.717, 1.165) is 25.0 Å². The molecule has 2 aromatic heterocycles. The number of carbonyl (C=O) groups is 1. The molecule has 0 unspecified atom stereocenters. The van der Waals surface area contributed by atoms with Crippen molar-refractivity contribution in [2.24, 2.45) is 0 Å². The van der Waals surface area contributed by atoms with Gasteiger partial charge in [0, 0.05) is 50.5 Å². The quantitative estimate of drug-likeness (QED) is 0.889. The van der Waals surface area contributed by atoms with Crippen LogP contribution in [-0.2, 0) is 21.5 Å². The third-order valence-corrected chi connectivity index (χ3v) is 4.49. The van der Waals surface area contributed by atoms with E-state index >= 15 is 0 Å². The Kier molecular flexibility index (Phi) is 5.08. The van der Waals surface area contributed by atoms with E-state index in [1.54, 1.807) is 6.20 Å². The number of nitrogens with one attached hydrogen (secondary N) is 1. The van der Waals surface area contributed by atoms with Crippen molar-refractivity contribution in [2.75, 3.05) is 19.8 Å². The minimum Gasteiger partial charge on any atom is -0.381 e. The fourth-order valence-corrected chi connectivity index (χ4v) is 3.17. The Morgan fingerprint density at radius 3 is 2.70 bits per heavy atom. The minimum absolute atomic E-state index is 0.0940. The number of aromatic nitrogens is 2. The highest BCUT2D eigenvalue weighted by atomic mass is 16.5. The number of amides is 1. The summed E-state index contributed by atoms with van der Waals surface area (Å²) in [6.45, 7) is 2.03. The third-order valence-electron chi connectivity index (χ3n) is 4.49. The monoisotopic (exact) mass is 313 g/mol. The number of ether oxygens (including phenoxy) is 1. The first-order chi connectivity index (χ1) is 11.3. The predicted molar refractivity (Wildman–Crippen MR) is 88.0 cm³/mol. The summed E-state index contributed by atoms with van der Waals surface area (Å²) in [5.74, 6) is 0.0940. The van der Waals surface area contributed by atoms with E-state index in [1.807, 2.05) is 42.7 Å². The maximum absolute atomic E-state index is 12.4. The van der Waals surface area contributed by atoms with Crippen LogP contribution in [0.4, 0.5) is 0 Å². The standard InChI is InChI=1S/C18H23N3O2/c22-17(20-10-6-16-5-1-2-9-19-16)15-18(7-13-23-14-8-18)21-11-3-4-12-21/h1-5,9,11-12H,6-8,10,13-15H2,(H,20,22). The Morgan fingerprint density at radius 1 is 1.22 bits per heavy atom. The second kappa shape index (κ2) is 7.42. The Bertz CT molecular complexity index is 604. The van der Waals surface area contributed by atoms with E-state index in [2.05, 4.69) is 14.9 Å². The van der Waals surface area contributed by atoms with Crippen LogP contribution in [0.5, 0.6) is 0 Å². The number of pyridine rings is 1. The lowest BCUT2D eigenvalue weighted by Crippen LogP contribution is -2.43. The van der Waals surface area contributed by atoms with Crippen LogP contribution in [0.15, 0.2) is 48.9 Å². The summed E-state index contributed by atoms with van der Waals surface area (Å²) in [6.07, 6.45) is 8.86. The lowest BCUT2D eigenvalue weighted by atomic mass is 9.86. The van der Waals surface area contributed by atoms with Gasteiger partial charge in [-0.1, -0.05) is 6.07 Å². The molecule has 0 aliphatic carbocycles. The van der Waals surface area contributed by atoms with Crippen LogP contribution in [0.2, 0.25) is 0 Å². The van der Waals surface area contributed by atoms with Gasteiger partial charge in [-0.2, -0.15) is 0 Å². The highest BCUT2D eigenvalue weighted by molar-refractivity contribution is 5.77. The Labute approximate surface area is 136 Å². The van der Waals surface area contributed by atoms with Crippen LogP contribution in [0.25, 0.3) is 0 Å². The first kappa shape index (κ1) is 15.7. The summed E-state index contributed by atoms with van der Waals surface area (Å²) < 4.78 is 7.66. The molecule has 1 aliphatic heterocycles. The van der Waals surface area contributed by atoms with Crippen LogP contribution in [-0.4, -0.2) is 35.2 Å². The molecule has 0 radical (unpaired) electrons. The van der Waals surface area contributed by atoms with E-state index in [-0.39, 0.29) is 11.4 Å². The van der Waals surface area contributed by atoms with Gasteiger partial charge in [-0.3, -0.25) is 9.78 Å². The van der Waals surface area contributed by atoms with Crippen molar-refractivity contribution in [1.29, 1.82) is 0 Å². The predicted octanol–water partition coefficient (Wildman–Crippen LogP) is 2.14. The van der Waals surface area contributed by atoms with Gasteiger partial charge >= 0.3 is 0 Å². The van der Waals surface area contributed by atoms with Gasteiger partial charge in [0.1, 0.15) is 0 Å². The molecule has 1 amide bonds. The maximum atomic E-state index is 12.4. The van der Waals surface area contributed by atoms with Crippen molar-refractivity contribution >= 4 is 5.91 Å². The van der Waals surface area contributed by atoms with Gasteiger partial charge in [-0.05, 0) is 37.1 Å². The zero-order valence-corrected chi connectivity index (χ0v) is 13.3. The zero-order chi connectivity index (χ0) is 16.0. The van der Waals surface area contributed by atoms with Gasteiger partial charge in [0.05, 0.1) is 12.0 Å². The first-order valence-electron chi connectivity index (χ1n) is 8.16. The van der Waals surface area contributed by atoms with Crippen molar-refractivity contribution in [3.8, 4) is 0 Å². The summed E-state index contributed by atoms with van der Waals surface area (Å²) in [4.78, 5) is 16.7. The summed E-state index contributed by atoms with van der Waals surface area (Å²) in [6, 6.07) is 9.86. The zero-order valence-electron chi connectivity index (χ0n) is 13.3. The molecule has 0 saturated carbocycles. The molecule has 23 heavy (non-hydrogen) atoms. The summed E-state index contributed by atoms with van der Waals surface area (Å²) >= 11 is 0. The first-order valence-corrected chi connectivity index (χ1v) is 8.16. The molecule has 122 valence electrons. The number of nitrogens with zero attached hydrogens (tertiary/aromatic N) is 2. The summed E-state index contributed by atoms with van der Waals surface area (Å²) in [7, 11) is 0. The van der Waals surface area contributed by atoms with E-state index in [1.165, 1.54) is 0 Å². The third kappa shape index (κ3) is 3.99. The number of hydrogen-bond donors (Lipinski definition) is 1. The fraction of sp³-hybridized carbons (Fsp3) is 0.444. The largest absolute Gasteiger partial charge is 0.381 e. The van der Waals surface area contributed by atoms with Gasteiger partial charge < -0.3 is 14.6 Å². The summed E-state index contributed by atoms with van der Waals surface area (Å²) in [5.41, 5.74) is 0.843. The molecule has 0 aromatic carbocycles. The maximum Gasteiger partial charge on any atom is 0.222 e. The molecule has 3 heterocycles. The van der Waals surface area contributed by atoms with Gasteiger partial charge in [0.25, 0.3) is 0 Å². The molecule has 1 saturated heterocycles. The van der Waals surface area contributed by atoms with Crippen LogP contribution >= 0.6 is 0 Å². The fourth-order valence-electron chi connectivity index (χ4n) is 3.17. The van der Waals surface area contributed by atoms with Crippen LogP contribution < -0.4 is 5.32 Å². The van der Waals surface area contributed by atoms with Crippen molar-refractivity contribution in [2.45, 2.75) is 31.2 Å². The highest BCUT2D eigenvalue weighted by Crippen LogP contribution is 2.32. The van der Waals surface area contributed by atoms with E-state index in [9.17, 15) is 4.79 Å². The summed E-state index contributed by atoms with van der Waals surface area (Å²) in [5, 5.41) is 3.03. The number of rotatable bonds is 6. The average molecular weight is 313 g/mol. The van der Waals surface area contributed by atoms with Gasteiger partial charge in [-0.25, -0.2) is 0 Å². The van der Waals surface area contributed by atoms with Crippen molar-refractivity contribution in [3.63, 3.8) is 0 Å². The molecular weight excluding hydrogens is 290 g/mol. The molecule has 1 aliphatic rings. The van der Waals surface area contributed by atoms with Crippen molar-refractivity contribution in [1.82, 2.24) is 14.9 Å². The number of hydrogen-bond acceptors (Lipinski definition) is 3. The molecular formula is C18H23N3O2. The Balaban J connectivity index is 1.56. The SMILES string of the molecule is O=C(CC1(n2cccc2)CCOCC1)NCCc1ccccn1. The van der Waals surface area contributed by atoms with Gasteiger partial charge in [-0.15, -0.1) is 0 Å². The molecule has 1 fully saturated rings. The van der Waals surface area contributed by atoms with Crippen molar-refractivity contribution in [3.05, 3.63) is 54.6 Å². The molecule has 5 nitrogen and oxygen atoms in total. The topological polar surface area (TPSA) is 56.1 Å². The van der Waals surface area contributed by atoms with Crippen molar-refractivity contribution < 1.29 is 9.53 Å². The van der Waals surface area contributed by atoms with E-state index in [4.69, 9.17) is 4.74 Å². The molecule has 0 spiro atoms. The average Bonchev–Trinajstić information content (AvgIpc) is 3.12. The van der Waals surface area contributed by atoms with Gasteiger partial charge in [0.2, 0.25) is 5.91 Å². The Hall–Kier alpha value is -2.14.